The molecule has 3 heterocycles. The monoisotopic (exact) mass is 733 g/mol. The van der Waals surface area contributed by atoms with E-state index in [4.69, 9.17) is 24.7 Å². The number of phenolic OH excluding ortho intramolecular Hbond substituents is 2. The summed E-state index contributed by atoms with van der Waals surface area (Å²) in [5.74, 6) is 0.350. The number of carbonyl (C=O) groups is 1. The van der Waals surface area contributed by atoms with E-state index < -0.39 is 29.0 Å². The molecule has 0 radical (unpaired) electrons. The molecule has 6 rings (SSSR count). The van der Waals surface area contributed by atoms with Crippen LogP contribution in [0.2, 0.25) is 0 Å². The number of aromatic nitrogens is 1. The van der Waals surface area contributed by atoms with Crippen molar-refractivity contribution < 1.29 is 44.2 Å². The van der Waals surface area contributed by atoms with Crippen LogP contribution in [0.25, 0.3) is 0 Å². The number of benzene rings is 2. The molecule has 2 aromatic carbocycles. The maximum Gasteiger partial charge on any atom is 0.310 e. The van der Waals surface area contributed by atoms with E-state index in [1.165, 1.54) is 14.2 Å². The van der Waals surface area contributed by atoms with Gasteiger partial charge in [0.05, 0.1) is 37.9 Å². The van der Waals surface area contributed by atoms with Crippen molar-refractivity contribution in [3.8, 4) is 28.7 Å². The lowest BCUT2D eigenvalue weighted by molar-refractivity contribution is -0.170. The lowest BCUT2D eigenvalue weighted by Gasteiger charge is -2.57. The third-order valence-corrected chi connectivity index (χ3v) is 12.0. The van der Waals surface area contributed by atoms with Gasteiger partial charge in [-0.25, -0.2) is 4.98 Å². The Bertz CT molecular complexity index is 1730. The number of nitrogens with zero attached hydrogens (tertiary/aromatic N) is 1. The molecular weight excluding hydrogens is 678 g/mol. The van der Waals surface area contributed by atoms with E-state index in [9.17, 15) is 25.2 Å². The highest BCUT2D eigenvalue weighted by Gasteiger charge is 2.61. The van der Waals surface area contributed by atoms with Gasteiger partial charge in [-0.2, -0.15) is 0 Å². The molecule has 6 atom stereocenters. The van der Waals surface area contributed by atoms with Crippen LogP contribution in [-0.4, -0.2) is 76.5 Å². The first-order chi connectivity index (χ1) is 25.5. The number of nitrogens with one attached hydrogen (secondary N) is 1. The zero-order valence-corrected chi connectivity index (χ0v) is 31.1. The van der Waals surface area contributed by atoms with Crippen LogP contribution in [0.1, 0.15) is 93.9 Å². The van der Waals surface area contributed by atoms with Gasteiger partial charge in [0.1, 0.15) is 12.4 Å². The number of piperidine rings is 1. The van der Waals surface area contributed by atoms with Crippen molar-refractivity contribution in [1.29, 1.82) is 0 Å². The molecule has 53 heavy (non-hydrogen) atoms. The third kappa shape index (κ3) is 8.14. The molecule has 12 nitrogen and oxygen atoms in total. The Morgan fingerprint density at radius 3 is 2.45 bits per heavy atom. The molecule has 2 saturated heterocycles. The minimum absolute atomic E-state index is 0.0775. The number of methoxy groups -OCH3 is 2. The van der Waals surface area contributed by atoms with E-state index in [-0.39, 0.29) is 47.8 Å². The van der Waals surface area contributed by atoms with Gasteiger partial charge in [-0.15, -0.1) is 0 Å². The van der Waals surface area contributed by atoms with Gasteiger partial charge in [-0.1, -0.05) is 25.3 Å². The molecule has 0 spiro atoms. The van der Waals surface area contributed by atoms with E-state index in [0.717, 1.165) is 36.8 Å². The number of rotatable bonds is 13. The molecule has 1 aliphatic carbocycles. The summed E-state index contributed by atoms with van der Waals surface area (Å²) >= 11 is 0. The van der Waals surface area contributed by atoms with Gasteiger partial charge in [0, 0.05) is 30.1 Å². The van der Waals surface area contributed by atoms with Crippen LogP contribution in [0.5, 0.6) is 28.7 Å². The van der Waals surface area contributed by atoms with E-state index in [1.54, 1.807) is 30.5 Å². The van der Waals surface area contributed by atoms with Crippen molar-refractivity contribution in [2.75, 3.05) is 26.6 Å². The number of phenols is 2. The van der Waals surface area contributed by atoms with Crippen LogP contribution < -0.4 is 25.3 Å². The Kier molecular flexibility index (Phi) is 11.9. The molecule has 3 aliphatic rings. The zero-order valence-electron chi connectivity index (χ0n) is 31.1. The smallest absolute Gasteiger partial charge is 0.310 e. The molecule has 7 N–H and O–H groups in total. The standard InChI is InChI=1S/C41H55N3O9/c1-25-11-15-41(23-27-12-16-43-37(42)18-27,40(39(48)49)13-5-4-6-14-40)36(44-25)24-52-35-20-28(19-34(51-3)38(35)47)32-22-29(45)21-30(53-32)9-7-26-8-10-31(46)33(17-26)50-2/h8,10,12,16-20,25,29-30,32,36,44-47H,4-7,9,11,13-15,21-24H2,1-3H3,(H2,42,43)(H,48,49). The number of carboxylic acids is 1. The van der Waals surface area contributed by atoms with Crippen LogP contribution in [0.4, 0.5) is 5.82 Å². The summed E-state index contributed by atoms with van der Waals surface area (Å²) in [7, 11) is 2.99. The van der Waals surface area contributed by atoms with Crippen LogP contribution in [0.15, 0.2) is 48.7 Å². The van der Waals surface area contributed by atoms with Gasteiger partial charge < -0.3 is 50.4 Å². The fraction of sp³-hybridized carbons (Fsp3) is 0.561. The number of carboxylic acid groups (broad SMARTS) is 1. The second kappa shape index (κ2) is 16.4. The summed E-state index contributed by atoms with van der Waals surface area (Å²) in [6.45, 7) is 2.21. The summed E-state index contributed by atoms with van der Waals surface area (Å²) < 4.78 is 24.0. The third-order valence-electron chi connectivity index (χ3n) is 12.0. The maximum atomic E-state index is 13.5. The minimum Gasteiger partial charge on any atom is -0.504 e. The van der Waals surface area contributed by atoms with Gasteiger partial charge in [-0.3, -0.25) is 4.79 Å². The highest BCUT2D eigenvalue weighted by Crippen LogP contribution is 2.58. The maximum absolute atomic E-state index is 13.5. The quantitative estimate of drug-likeness (QED) is 0.119. The molecule has 0 bridgehead atoms. The fourth-order valence-electron chi connectivity index (χ4n) is 9.27. The Balaban J connectivity index is 1.27. The highest BCUT2D eigenvalue weighted by molar-refractivity contribution is 5.76. The average Bonchev–Trinajstić information content (AvgIpc) is 3.15. The molecule has 12 heteroatoms. The van der Waals surface area contributed by atoms with Crippen molar-refractivity contribution in [2.45, 2.75) is 114 Å². The number of ether oxygens (including phenoxy) is 4. The van der Waals surface area contributed by atoms with E-state index >= 15 is 0 Å². The summed E-state index contributed by atoms with van der Waals surface area (Å²) in [5.41, 5.74) is 7.02. The van der Waals surface area contributed by atoms with Gasteiger partial charge in [0.2, 0.25) is 5.75 Å². The van der Waals surface area contributed by atoms with Crippen molar-refractivity contribution in [1.82, 2.24) is 10.3 Å². The predicted molar refractivity (Wildman–Crippen MR) is 200 cm³/mol. The first kappa shape index (κ1) is 38.5. The molecule has 1 aromatic heterocycles. The number of aliphatic hydroxyl groups excluding tert-OH is 1. The first-order valence-corrected chi connectivity index (χ1v) is 18.9. The van der Waals surface area contributed by atoms with Crippen LogP contribution >= 0.6 is 0 Å². The Hall–Kier alpha value is -4.26. The Labute approximate surface area is 311 Å². The minimum atomic E-state index is -0.988. The predicted octanol–water partition coefficient (Wildman–Crippen LogP) is 6.09. The summed E-state index contributed by atoms with van der Waals surface area (Å²) in [5, 5.41) is 47.1. The van der Waals surface area contributed by atoms with E-state index in [0.29, 0.717) is 68.5 Å². The number of aryl methyl sites for hydroxylation is 1. The number of nitrogen functional groups attached to an aromatic ring is 1. The molecule has 3 fully saturated rings. The van der Waals surface area contributed by atoms with Crippen molar-refractivity contribution >= 4 is 11.8 Å². The van der Waals surface area contributed by atoms with Gasteiger partial charge in [-0.05, 0) is 111 Å². The second-order valence-corrected chi connectivity index (χ2v) is 15.3. The number of aromatic hydroxyl groups is 2. The average molecular weight is 734 g/mol. The number of hydrogen-bond donors (Lipinski definition) is 6. The number of aliphatic carboxylic acids is 1. The summed E-state index contributed by atoms with van der Waals surface area (Å²) in [6, 6.07) is 12.2. The first-order valence-electron chi connectivity index (χ1n) is 18.9. The summed E-state index contributed by atoms with van der Waals surface area (Å²) in [6.07, 6.45) is 8.29. The van der Waals surface area contributed by atoms with Crippen molar-refractivity contribution in [2.24, 2.45) is 10.8 Å². The topological polar surface area (TPSA) is 186 Å². The number of anilines is 1. The van der Waals surface area contributed by atoms with Gasteiger partial charge in [0.15, 0.2) is 23.0 Å². The van der Waals surface area contributed by atoms with Crippen LogP contribution in [0.3, 0.4) is 0 Å². The molecule has 0 amide bonds. The van der Waals surface area contributed by atoms with Crippen molar-refractivity contribution in [3.05, 3.63) is 65.4 Å². The Morgan fingerprint density at radius 2 is 1.74 bits per heavy atom. The lowest BCUT2D eigenvalue weighted by Crippen LogP contribution is -2.66. The zero-order chi connectivity index (χ0) is 37.8. The Morgan fingerprint density at radius 1 is 0.981 bits per heavy atom. The molecule has 1 saturated carbocycles. The number of aliphatic hydroxyl groups is 1. The summed E-state index contributed by atoms with van der Waals surface area (Å²) in [4.78, 5) is 17.7. The van der Waals surface area contributed by atoms with Gasteiger partial charge >= 0.3 is 5.97 Å². The normalized spacial score (nSPS) is 27.1. The van der Waals surface area contributed by atoms with Gasteiger partial charge in [0.25, 0.3) is 0 Å². The fourth-order valence-corrected chi connectivity index (χ4v) is 9.27. The van der Waals surface area contributed by atoms with Crippen molar-refractivity contribution in [3.63, 3.8) is 0 Å². The molecular formula is C41H55N3O9. The van der Waals surface area contributed by atoms with E-state index in [2.05, 4.69) is 17.2 Å². The van der Waals surface area contributed by atoms with Crippen LogP contribution in [-0.2, 0) is 22.4 Å². The SMILES string of the molecule is COc1cc(CCC2CC(O)CC(c3cc(OC)c(O)c(OCC4NC(C)CCC4(Cc4ccnc(N)c4)C4(C(=O)O)CCCCC4)c3)O2)ccc1O. The molecule has 2 aliphatic heterocycles. The highest BCUT2D eigenvalue weighted by atomic mass is 16.5. The second-order valence-electron chi connectivity index (χ2n) is 15.3. The number of nitrogens with two attached hydrogens (primary N) is 1. The van der Waals surface area contributed by atoms with Crippen LogP contribution in [0, 0.1) is 10.8 Å². The molecule has 6 unspecified atom stereocenters. The number of pyridine rings is 1. The molecule has 288 valence electrons. The number of hydrogen-bond acceptors (Lipinski definition) is 11. The largest absolute Gasteiger partial charge is 0.504 e. The molecule has 3 aromatic rings. The lowest BCUT2D eigenvalue weighted by atomic mass is 9.49. The van der Waals surface area contributed by atoms with E-state index in [1.807, 2.05) is 18.2 Å².